The van der Waals surface area contributed by atoms with Crippen LogP contribution in [0.5, 0.6) is 0 Å². The first-order valence-corrected chi connectivity index (χ1v) is 10.7. The predicted octanol–water partition coefficient (Wildman–Crippen LogP) is 1.52. The number of hydrogen-bond donors (Lipinski definition) is 1. The van der Waals surface area contributed by atoms with Crippen molar-refractivity contribution in [3.8, 4) is 0 Å². The topological polar surface area (TPSA) is 91.9 Å². The maximum Gasteiger partial charge on any atom is 0.243 e. The van der Waals surface area contributed by atoms with Crippen LogP contribution in [0.2, 0.25) is 0 Å². The smallest absolute Gasteiger partial charge is 0.243 e. The second-order valence-electron chi connectivity index (χ2n) is 8.47. The molecule has 2 aliphatic heterocycles. The average molecular weight is 393 g/mol. The highest BCUT2D eigenvalue weighted by Crippen LogP contribution is 2.41. The van der Waals surface area contributed by atoms with Gasteiger partial charge < -0.3 is 19.3 Å². The van der Waals surface area contributed by atoms with Crippen molar-refractivity contribution < 1.29 is 19.2 Å². The minimum Gasteiger partial charge on any atom is -0.393 e. The van der Waals surface area contributed by atoms with E-state index in [1.807, 2.05) is 0 Å². The summed E-state index contributed by atoms with van der Waals surface area (Å²) >= 11 is 0. The number of aliphatic hydroxyl groups excluding tert-OH is 1. The largest absolute Gasteiger partial charge is 0.393 e. The molecule has 3 fully saturated rings. The number of likely N-dealkylation sites (tertiary alicyclic amines) is 2. The minimum atomic E-state index is -0.421. The van der Waals surface area contributed by atoms with Gasteiger partial charge in [-0.25, -0.2) is 0 Å². The van der Waals surface area contributed by atoms with Crippen LogP contribution in [0.3, 0.4) is 0 Å². The Kier molecular flexibility index (Phi) is 5.99. The summed E-state index contributed by atoms with van der Waals surface area (Å²) < 4.78 is 10.5. The third-order valence-corrected chi connectivity index (χ3v) is 6.75. The summed E-state index contributed by atoms with van der Waals surface area (Å²) in [6.07, 6.45) is 7.73. The number of rotatable bonds is 6. The van der Waals surface area contributed by atoms with Crippen molar-refractivity contribution in [2.45, 2.75) is 82.0 Å². The lowest BCUT2D eigenvalue weighted by Gasteiger charge is -2.48. The first-order valence-electron chi connectivity index (χ1n) is 10.7. The number of ether oxygens (including phenoxy) is 1. The molecule has 1 unspecified atom stereocenters. The van der Waals surface area contributed by atoms with Gasteiger partial charge in [0.2, 0.25) is 11.8 Å². The molecule has 8 nitrogen and oxygen atoms in total. The van der Waals surface area contributed by atoms with E-state index in [1.165, 1.54) is 0 Å². The molecule has 1 atom stereocenters. The molecule has 0 radical (unpaired) electrons. The molecule has 1 aromatic heterocycles. The Morgan fingerprint density at radius 2 is 1.96 bits per heavy atom. The van der Waals surface area contributed by atoms with Crippen LogP contribution in [0.4, 0.5) is 0 Å². The number of carbonyl (C=O) groups excluding carboxylic acids is 1. The quantitative estimate of drug-likeness (QED) is 0.785. The fourth-order valence-electron chi connectivity index (χ4n) is 5.24. The maximum absolute atomic E-state index is 13.6. The number of hydrogen-bond acceptors (Lipinski definition) is 7. The van der Waals surface area contributed by atoms with E-state index >= 15 is 0 Å². The summed E-state index contributed by atoms with van der Waals surface area (Å²) in [5, 5.41) is 13.8. The van der Waals surface area contributed by atoms with Gasteiger partial charge in [0.05, 0.1) is 19.3 Å². The molecule has 1 N–H and O–H groups in total. The number of carbonyl (C=O) groups is 1. The Morgan fingerprint density at radius 3 is 2.71 bits per heavy atom. The van der Waals surface area contributed by atoms with Gasteiger partial charge in [0.15, 0.2) is 5.82 Å². The third-order valence-electron chi connectivity index (χ3n) is 6.75. The number of nitrogens with zero attached hydrogens (tertiary/aromatic N) is 4. The van der Waals surface area contributed by atoms with Gasteiger partial charge >= 0.3 is 0 Å². The molecule has 4 rings (SSSR count). The van der Waals surface area contributed by atoms with Crippen LogP contribution in [0, 0.1) is 0 Å². The van der Waals surface area contributed by atoms with Gasteiger partial charge in [0.25, 0.3) is 0 Å². The standard InChI is InChI=1S/C20H32N4O4/c1-27-13-8-17-21-18(28-22-17)14-23-11-2-9-20(23)10-3-12-24(19(20)26)15-4-6-16(25)7-5-15/h15-16,25H,2-14H2,1H3. The highest BCUT2D eigenvalue weighted by atomic mass is 16.5. The van der Waals surface area contributed by atoms with E-state index in [0.29, 0.717) is 31.3 Å². The molecule has 8 heteroatoms. The molecule has 2 saturated heterocycles. The van der Waals surface area contributed by atoms with Crippen LogP contribution in [-0.2, 0) is 22.5 Å². The highest BCUT2D eigenvalue weighted by Gasteiger charge is 2.52. The van der Waals surface area contributed by atoms with Crippen molar-refractivity contribution in [3.63, 3.8) is 0 Å². The van der Waals surface area contributed by atoms with Crippen LogP contribution >= 0.6 is 0 Å². The number of methoxy groups -OCH3 is 1. The Hall–Kier alpha value is -1.51. The summed E-state index contributed by atoms with van der Waals surface area (Å²) in [7, 11) is 1.66. The molecule has 3 aliphatic rings. The van der Waals surface area contributed by atoms with Crippen LogP contribution in [0.15, 0.2) is 4.52 Å². The summed E-state index contributed by atoms with van der Waals surface area (Å²) in [5.41, 5.74) is -0.421. The number of amides is 1. The lowest BCUT2D eigenvalue weighted by molar-refractivity contribution is -0.152. The van der Waals surface area contributed by atoms with E-state index in [9.17, 15) is 9.90 Å². The number of aliphatic hydroxyl groups is 1. The average Bonchev–Trinajstić information content (AvgIpc) is 3.31. The molecular formula is C20H32N4O4. The Bertz CT molecular complexity index is 673. The summed E-state index contributed by atoms with van der Waals surface area (Å²) in [5.74, 6) is 1.51. The number of piperidine rings is 1. The molecule has 156 valence electrons. The second kappa shape index (κ2) is 8.47. The van der Waals surface area contributed by atoms with Crippen molar-refractivity contribution in [2.75, 3.05) is 26.8 Å². The van der Waals surface area contributed by atoms with Crippen LogP contribution in [0.25, 0.3) is 0 Å². The van der Waals surface area contributed by atoms with E-state index in [2.05, 4.69) is 19.9 Å². The fourth-order valence-corrected chi connectivity index (χ4v) is 5.24. The second-order valence-corrected chi connectivity index (χ2v) is 8.47. The Balaban J connectivity index is 1.46. The highest BCUT2D eigenvalue weighted by molar-refractivity contribution is 5.87. The summed E-state index contributed by atoms with van der Waals surface area (Å²) in [4.78, 5) is 22.5. The van der Waals surface area contributed by atoms with Crippen LogP contribution in [0.1, 0.15) is 63.1 Å². The van der Waals surface area contributed by atoms with Gasteiger partial charge in [-0.2, -0.15) is 4.98 Å². The molecule has 1 amide bonds. The normalized spacial score (nSPS) is 31.8. The van der Waals surface area contributed by atoms with Gasteiger partial charge in [-0.1, -0.05) is 5.16 Å². The van der Waals surface area contributed by atoms with Crippen molar-refractivity contribution in [3.05, 3.63) is 11.7 Å². The zero-order chi connectivity index (χ0) is 19.6. The van der Waals surface area contributed by atoms with Crippen molar-refractivity contribution in [2.24, 2.45) is 0 Å². The maximum atomic E-state index is 13.6. The van der Waals surface area contributed by atoms with Crippen molar-refractivity contribution >= 4 is 5.91 Å². The summed E-state index contributed by atoms with van der Waals surface area (Å²) in [6.45, 7) is 2.83. The molecule has 1 aliphatic carbocycles. The molecule has 1 spiro atoms. The Morgan fingerprint density at radius 1 is 1.21 bits per heavy atom. The zero-order valence-corrected chi connectivity index (χ0v) is 16.8. The summed E-state index contributed by atoms with van der Waals surface area (Å²) in [6, 6.07) is 0.277. The molecule has 1 saturated carbocycles. The van der Waals surface area contributed by atoms with E-state index in [-0.39, 0.29) is 18.1 Å². The fraction of sp³-hybridized carbons (Fsp3) is 0.850. The van der Waals surface area contributed by atoms with Crippen LogP contribution in [-0.4, -0.2) is 75.4 Å². The van der Waals surface area contributed by atoms with Gasteiger partial charge in [-0.3, -0.25) is 9.69 Å². The van der Waals surface area contributed by atoms with Gasteiger partial charge in [-0.15, -0.1) is 0 Å². The predicted molar refractivity (Wildman–Crippen MR) is 101 cm³/mol. The Labute approximate surface area is 166 Å². The van der Waals surface area contributed by atoms with Crippen molar-refractivity contribution in [1.82, 2.24) is 19.9 Å². The lowest BCUT2D eigenvalue weighted by Crippen LogP contribution is -2.62. The monoisotopic (exact) mass is 392 g/mol. The molecular weight excluding hydrogens is 360 g/mol. The molecule has 28 heavy (non-hydrogen) atoms. The third kappa shape index (κ3) is 3.82. The zero-order valence-electron chi connectivity index (χ0n) is 16.8. The first-order chi connectivity index (χ1) is 13.6. The first kappa shape index (κ1) is 19.8. The SMILES string of the molecule is COCCc1noc(CN2CCCC23CCCN(C2CCC(O)CC2)C3=O)n1. The lowest BCUT2D eigenvalue weighted by atomic mass is 9.82. The van der Waals surface area contributed by atoms with Gasteiger partial charge in [0.1, 0.15) is 5.54 Å². The number of aromatic nitrogens is 2. The van der Waals surface area contributed by atoms with E-state index in [0.717, 1.165) is 64.5 Å². The van der Waals surface area contributed by atoms with E-state index in [4.69, 9.17) is 9.26 Å². The molecule has 0 bridgehead atoms. The van der Waals surface area contributed by atoms with Crippen molar-refractivity contribution in [1.29, 1.82) is 0 Å². The molecule has 0 aromatic carbocycles. The van der Waals surface area contributed by atoms with Gasteiger partial charge in [0, 0.05) is 26.1 Å². The van der Waals surface area contributed by atoms with Gasteiger partial charge in [-0.05, 0) is 57.9 Å². The van der Waals surface area contributed by atoms with E-state index in [1.54, 1.807) is 7.11 Å². The minimum absolute atomic E-state index is 0.196. The van der Waals surface area contributed by atoms with E-state index < -0.39 is 5.54 Å². The van der Waals surface area contributed by atoms with Crippen LogP contribution < -0.4 is 0 Å². The molecule has 1 aromatic rings. The molecule has 3 heterocycles.